The molecular formula is C18H25ClN2O3. The van der Waals surface area contributed by atoms with Gasteiger partial charge in [0.2, 0.25) is 11.8 Å². The minimum absolute atomic E-state index is 0.0512. The zero-order valence-corrected chi connectivity index (χ0v) is 15.0. The Bertz CT molecular complexity index is 556. The smallest absolute Gasteiger partial charge is 0.242 e. The molecule has 1 saturated heterocycles. The first-order valence-electron chi connectivity index (χ1n) is 8.44. The first-order valence-corrected chi connectivity index (χ1v) is 8.82. The minimum atomic E-state index is -0.533. The summed E-state index contributed by atoms with van der Waals surface area (Å²) in [6.45, 7) is 5.20. The first-order chi connectivity index (χ1) is 11.5. The average Bonchev–Trinajstić information content (AvgIpc) is 3.11. The van der Waals surface area contributed by atoms with Crippen molar-refractivity contribution in [1.82, 2.24) is 10.2 Å². The third kappa shape index (κ3) is 5.21. The van der Waals surface area contributed by atoms with Gasteiger partial charge in [0.05, 0.1) is 6.10 Å². The number of nitrogens with one attached hydrogen (secondary N) is 1. The maximum atomic E-state index is 12.4. The number of amides is 2. The number of hydrogen-bond donors (Lipinski definition) is 1. The number of benzene rings is 1. The molecule has 5 nitrogen and oxygen atoms in total. The topological polar surface area (TPSA) is 58.6 Å². The lowest BCUT2D eigenvalue weighted by Crippen LogP contribution is -2.48. The van der Waals surface area contributed by atoms with Crippen molar-refractivity contribution in [3.8, 4) is 0 Å². The Morgan fingerprint density at radius 2 is 2.08 bits per heavy atom. The van der Waals surface area contributed by atoms with E-state index < -0.39 is 6.04 Å². The van der Waals surface area contributed by atoms with Gasteiger partial charge in [0.25, 0.3) is 0 Å². The molecule has 132 valence electrons. The number of hydrogen-bond acceptors (Lipinski definition) is 3. The fourth-order valence-corrected chi connectivity index (χ4v) is 2.87. The molecule has 0 radical (unpaired) electrons. The second-order valence-electron chi connectivity index (χ2n) is 6.06. The molecule has 0 unspecified atom stereocenters. The summed E-state index contributed by atoms with van der Waals surface area (Å²) in [6.07, 6.45) is 2.45. The van der Waals surface area contributed by atoms with E-state index in [2.05, 4.69) is 5.32 Å². The molecule has 0 bridgehead atoms. The average molecular weight is 353 g/mol. The van der Waals surface area contributed by atoms with Crippen LogP contribution in [0.5, 0.6) is 0 Å². The van der Waals surface area contributed by atoms with Crippen molar-refractivity contribution in [3.63, 3.8) is 0 Å². The van der Waals surface area contributed by atoms with Gasteiger partial charge in [0.1, 0.15) is 6.04 Å². The monoisotopic (exact) mass is 352 g/mol. The van der Waals surface area contributed by atoms with Crippen molar-refractivity contribution in [2.24, 2.45) is 0 Å². The van der Waals surface area contributed by atoms with E-state index in [0.717, 1.165) is 25.0 Å². The summed E-state index contributed by atoms with van der Waals surface area (Å²) < 4.78 is 5.51. The van der Waals surface area contributed by atoms with Crippen LogP contribution in [-0.2, 0) is 20.9 Å². The Morgan fingerprint density at radius 3 is 2.67 bits per heavy atom. The number of nitrogens with zero attached hydrogens (tertiary/aromatic N) is 1. The SMILES string of the molecule is CCC(=O)N(Cc1ccc(Cl)cc1)[C@@H](C)C(=O)NC[C@@H]1CCCO1. The minimum Gasteiger partial charge on any atom is -0.376 e. The van der Waals surface area contributed by atoms with Gasteiger partial charge < -0.3 is 15.0 Å². The quantitative estimate of drug-likeness (QED) is 0.820. The zero-order valence-electron chi connectivity index (χ0n) is 14.3. The maximum absolute atomic E-state index is 12.4. The molecular weight excluding hydrogens is 328 g/mol. The Labute approximate surface area is 148 Å². The van der Waals surface area contributed by atoms with Crippen LogP contribution in [0.2, 0.25) is 5.02 Å². The third-order valence-corrected chi connectivity index (χ3v) is 4.52. The Kier molecular flexibility index (Phi) is 7.06. The summed E-state index contributed by atoms with van der Waals surface area (Å²) >= 11 is 5.90. The van der Waals surface area contributed by atoms with Crippen molar-refractivity contribution in [1.29, 1.82) is 0 Å². The fourth-order valence-electron chi connectivity index (χ4n) is 2.74. The number of carbonyl (C=O) groups excluding carboxylic acids is 2. The van der Waals surface area contributed by atoms with Crippen LogP contribution < -0.4 is 5.32 Å². The van der Waals surface area contributed by atoms with Gasteiger partial charge in [-0.1, -0.05) is 30.7 Å². The third-order valence-electron chi connectivity index (χ3n) is 4.26. The molecule has 6 heteroatoms. The summed E-state index contributed by atoms with van der Waals surface area (Å²) in [5, 5.41) is 3.55. The number of carbonyl (C=O) groups is 2. The summed E-state index contributed by atoms with van der Waals surface area (Å²) in [7, 11) is 0. The van der Waals surface area contributed by atoms with Crippen molar-refractivity contribution in [3.05, 3.63) is 34.9 Å². The van der Waals surface area contributed by atoms with Crippen LogP contribution in [0, 0.1) is 0 Å². The number of ether oxygens (including phenoxy) is 1. The summed E-state index contributed by atoms with van der Waals surface area (Å²) in [6, 6.07) is 6.78. The number of halogens is 1. The largest absolute Gasteiger partial charge is 0.376 e. The van der Waals surface area contributed by atoms with Gasteiger partial charge >= 0.3 is 0 Å². The highest BCUT2D eigenvalue weighted by atomic mass is 35.5. The summed E-state index contributed by atoms with van der Waals surface area (Å²) in [4.78, 5) is 26.3. The van der Waals surface area contributed by atoms with Crippen LogP contribution in [0.3, 0.4) is 0 Å². The Hall–Kier alpha value is -1.59. The zero-order chi connectivity index (χ0) is 17.5. The molecule has 0 aromatic heterocycles. The highest BCUT2D eigenvalue weighted by Crippen LogP contribution is 2.15. The lowest BCUT2D eigenvalue weighted by atomic mass is 10.1. The Balaban J connectivity index is 1.98. The molecule has 1 aromatic carbocycles. The second-order valence-corrected chi connectivity index (χ2v) is 6.49. The van der Waals surface area contributed by atoms with Crippen LogP contribution in [-0.4, -0.2) is 42.0 Å². The highest BCUT2D eigenvalue weighted by molar-refractivity contribution is 6.30. The van der Waals surface area contributed by atoms with Gasteiger partial charge in [0.15, 0.2) is 0 Å². The predicted molar refractivity (Wildman–Crippen MR) is 93.7 cm³/mol. The standard InChI is InChI=1S/C18H25ClN2O3/c1-3-17(22)21(12-14-6-8-15(19)9-7-14)13(2)18(23)20-11-16-5-4-10-24-16/h6-9,13,16H,3-5,10-12H2,1-2H3,(H,20,23)/t13-,16-/m0/s1. The highest BCUT2D eigenvalue weighted by Gasteiger charge is 2.26. The van der Waals surface area contributed by atoms with Gasteiger partial charge in [-0.05, 0) is 37.5 Å². The first kappa shape index (κ1) is 18.7. The lowest BCUT2D eigenvalue weighted by Gasteiger charge is -2.28. The Morgan fingerprint density at radius 1 is 1.38 bits per heavy atom. The molecule has 24 heavy (non-hydrogen) atoms. The van der Waals surface area contributed by atoms with Crippen molar-refractivity contribution >= 4 is 23.4 Å². The van der Waals surface area contributed by atoms with Crippen molar-refractivity contribution < 1.29 is 14.3 Å². The second kappa shape index (κ2) is 9.04. The molecule has 1 fully saturated rings. The molecule has 2 amide bonds. The van der Waals surface area contributed by atoms with E-state index in [9.17, 15) is 9.59 Å². The molecule has 1 aliphatic rings. The molecule has 2 atom stereocenters. The summed E-state index contributed by atoms with van der Waals surface area (Å²) in [5.74, 6) is -0.203. The molecule has 2 rings (SSSR count). The van der Waals surface area contributed by atoms with Gasteiger partial charge in [0, 0.05) is 31.1 Å². The maximum Gasteiger partial charge on any atom is 0.242 e. The fraction of sp³-hybridized carbons (Fsp3) is 0.556. The van der Waals surface area contributed by atoms with Gasteiger partial charge in [-0.2, -0.15) is 0 Å². The van der Waals surface area contributed by atoms with E-state index in [1.54, 1.807) is 30.9 Å². The van der Waals surface area contributed by atoms with Crippen LogP contribution in [0.15, 0.2) is 24.3 Å². The molecule has 1 N–H and O–H groups in total. The van der Waals surface area contributed by atoms with Crippen LogP contribution in [0.1, 0.15) is 38.7 Å². The van der Waals surface area contributed by atoms with E-state index in [1.165, 1.54) is 0 Å². The normalized spacial score (nSPS) is 18.2. The molecule has 1 heterocycles. The van der Waals surface area contributed by atoms with Crippen molar-refractivity contribution in [2.75, 3.05) is 13.2 Å². The van der Waals surface area contributed by atoms with E-state index in [4.69, 9.17) is 16.3 Å². The number of rotatable bonds is 7. The molecule has 1 aliphatic heterocycles. The molecule has 1 aromatic rings. The predicted octanol–water partition coefficient (Wildman–Crippen LogP) is 2.76. The van der Waals surface area contributed by atoms with E-state index in [-0.39, 0.29) is 17.9 Å². The van der Waals surface area contributed by atoms with Gasteiger partial charge in [-0.15, -0.1) is 0 Å². The van der Waals surface area contributed by atoms with Gasteiger partial charge in [-0.25, -0.2) is 0 Å². The van der Waals surface area contributed by atoms with E-state index in [1.807, 2.05) is 12.1 Å². The van der Waals surface area contributed by atoms with Gasteiger partial charge in [-0.3, -0.25) is 9.59 Å². The van der Waals surface area contributed by atoms with Crippen LogP contribution in [0.4, 0.5) is 0 Å². The lowest BCUT2D eigenvalue weighted by molar-refractivity contribution is -0.140. The van der Waals surface area contributed by atoms with Crippen LogP contribution in [0.25, 0.3) is 0 Å². The van der Waals surface area contributed by atoms with Crippen molar-refractivity contribution in [2.45, 2.75) is 51.8 Å². The molecule has 0 spiro atoms. The summed E-state index contributed by atoms with van der Waals surface area (Å²) in [5.41, 5.74) is 0.944. The van der Waals surface area contributed by atoms with E-state index >= 15 is 0 Å². The van der Waals surface area contributed by atoms with Crippen LogP contribution >= 0.6 is 11.6 Å². The molecule has 0 saturated carbocycles. The van der Waals surface area contributed by atoms with E-state index in [0.29, 0.717) is 24.5 Å². The molecule has 0 aliphatic carbocycles.